The van der Waals surface area contributed by atoms with E-state index in [0.29, 0.717) is 17.1 Å². The van der Waals surface area contributed by atoms with E-state index in [0.717, 1.165) is 15.4 Å². The van der Waals surface area contributed by atoms with E-state index in [4.69, 9.17) is 16.3 Å². The number of ether oxygens (including phenoxy) is 1. The summed E-state index contributed by atoms with van der Waals surface area (Å²) in [6, 6.07) is 15.1. The molecular formula is C22H19ClN2O4S. The lowest BCUT2D eigenvalue weighted by Crippen LogP contribution is -2.28. The molecule has 4 rings (SSSR count). The maximum absolute atomic E-state index is 13.3. The number of rotatable bonds is 3. The Morgan fingerprint density at radius 1 is 1.00 bits per heavy atom. The van der Waals surface area contributed by atoms with Crippen LogP contribution < -0.4 is 14.4 Å². The number of anilines is 2. The third-order valence-electron chi connectivity index (χ3n) is 4.98. The average molecular weight is 443 g/mol. The molecular weight excluding hydrogens is 424 g/mol. The second-order valence-corrected chi connectivity index (χ2v) is 9.44. The molecule has 0 aromatic heterocycles. The predicted molar refractivity (Wildman–Crippen MR) is 117 cm³/mol. The number of benzene rings is 3. The molecule has 0 spiro atoms. The number of nitrogens with zero attached hydrogens (tertiary/aromatic N) is 1. The molecule has 3 aromatic carbocycles. The van der Waals surface area contributed by atoms with Crippen LogP contribution in [0.15, 0.2) is 59.5 Å². The number of carbonyl (C=O) groups is 1. The van der Waals surface area contributed by atoms with Gasteiger partial charge in [0.1, 0.15) is 10.6 Å². The zero-order valence-electron chi connectivity index (χ0n) is 16.6. The van der Waals surface area contributed by atoms with Crippen LogP contribution in [0.2, 0.25) is 5.02 Å². The van der Waals surface area contributed by atoms with Crippen LogP contribution in [0.25, 0.3) is 0 Å². The number of aryl methyl sites for hydroxylation is 2. The van der Waals surface area contributed by atoms with Crippen molar-refractivity contribution in [2.75, 3.05) is 16.7 Å². The Labute approximate surface area is 180 Å². The van der Waals surface area contributed by atoms with Crippen molar-refractivity contribution in [3.05, 3.63) is 76.3 Å². The molecule has 3 aromatic rings. The van der Waals surface area contributed by atoms with Gasteiger partial charge in [-0.25, -0.2) is 8.42 Å². The van der Waals surface area contributed by atoms with Crippen molar-refractivity contribution in [1.29, 1.82) is 0 Å². The van der Waals surface area contributed by atoms with Crippen molar-refractivity contribution >= 4 is 38.9 Å². The van der Waals surface area contributed by atoms with E-state index < -0.39 is 15.9 Å². The number of para-hydroxylation sites is 1. The first kappa shape index (κ1) is 20.3. The first-order valence-electron chi connectivity index (χ1n) is 9.16. The van der Waals surface area contributed by atoms with E-state index in [9.17, 15) is 13.2 Å². The Morgan fingerprint density at radius 2 is 1.73 bits per heavy atom. The quantitative estimate of drug-likeness (QED) is 0.609. The van der Waals surface area contributed by atoms with Crippen molar-refractivity contribution in [3.63, 3.8) is 0 Å². The molecule has 0 atom stereocenters. The van der Waals surface area contributed by atoms with Gasteiger partial charge in [-0.3, -0.25) is 9.10 Å². The van der Waals surface area contributed by atoms with Crippen molar-refractivity contribution in [1.82, 2.24) is 0 Å². The third-order valence-corrected chi connectivity index (χ3v) is 7.21. The molecule has 0 saturated heterocycles. The normalized spacial score (nSPS) is 12.9. The van der Waals surface area contributed by atoms with E-state index in [1.165, 1.54) is 19.2 Å². The number of fused-ring (bicyclic) bond motifs is 2. The highest BCUT2D eigenvalue weighted by Crippen LogP contribution is 2.40. The molecule has 0 fully saturated rings. The second kappa shape index (κ2) is 7.34. The van der Waals surface area contributed by atoms with Crippen LogP contribution in [0.3, 0.4) is 0 Å². The molecule has 1 amide bonds. The highest BCUT2D eigenvalue weighted by Gasteiger charge is 2.30. The number of hydrogen-bond donors (Lipinski definition) is 1. The molecule has 1 aliphatic heterocycles. The largest absolute Gasteiger partial charge is 0.454 e. The molecule has 0 radical (unpaired) electrons. The number of halogens is 1. The van der Waals surface area contributed by atoms with E-state index in [-0.39, 0.29) is 21.2 Å². The fraction of sp³-hybridized carbons (Fsp3) is 0.136. The van der Waals surface area contributed by atoms with Gasteiger partial charge in [-0.2, -0.15) is 0 Å². The van der Waals surface area contributed by atoms with Gasteiger partial charge in [-0.05, 0) is 49.2 Å². The summed E-state index contributed by atoms with van der Waals surface area (Å²) < 4.78 is 33.7. The summed E-state index contributed by atoms with van der Waals surface area (Å²) in [5.41, 5.74) is 2.86. The number of hydrogen-bond acceptors (Lipinski definition) is 4. The highest BCUT2D eigenvalue weighted by molar-refractivity contribution is 7.93. The Balaban J connectivity index is 1.82. The van der Waals surface area contributed by atoms with Crippen molar-refractivity contribution in [2.45, 2.75) is 18.7 Å². The van der Waals surface area contributed by atoms with E-state index >= 15 is 0 Å². The van der Waals surface area contributed by atoms with Gasteiger partial charge in [0.15, 0.2) is 5.75 Å². The standard InChI is InChI=1S/C22H19ClN2O4S/c1-13-8-9-17-20(10-13)29-19-12-16(23)21(11-15(19)22(26)24-17)30(27,28)25(3)18-7-5-4-6-14(18)2/h4-12H,1-3H3,(H,24,26). The molecule has 0 saturated carbocycles. The van der Waals surface area contributed by atoms with Gasteiger partial charge in [-0.15, -0.1) is 0 Å². The summed E-state index contributed by atoms with van der Waals surface area (Å²) >= 11 is 6.36. The molecule has 8 heteroatoms. The SMILES string of the molecule is Cc1ccc2c(c1)Oc1cc(Cl)c(S(=O)(=O)N(C)c3ccccc3C)cc1C(=O)N2. The monoisotopic (exact) mass is 442 g/mol. The van der Waals surface area contributed by atoms with Crippen LogP contribution in [-0.4, -0.2) is 21.4 Å². The maximum Gasteiger partial charge on any atom is 0.265 e. The fourth-order valence-electron chi connectivity index (χ4n) is 3.31. The molecule has 1 heterocycles. The summed E-state index contributed by atoms with van der Waals surface area (Å²) in [6.45, 7) is 3.72. The number of nitrogens with one attached hydrogen (secondary N) is 1. The summed E-state index contributed by atoms with van der Waals surface area (Å²) in [6.07, 6.45) is 0. The first-order valence-corrected chi connectivity index (χ1v) is 11.0. The Morgan fingerprint density at radius 3 is 2.47 bits per heavy atom. The van der Waals surface area contributed by atoms with E-state index in [2.05, 4.69) is 5.32 Å². The van der Waals surface area contributed by atoms with Gasteiger partial charge in [0.2, 0.25) is 0 Å². The smallest absolute Gasteiger partial charge is 0.265 e. The summed E-state index contributed by atoms with van der Waals surface area (Å²) in [4.78, 5) is 12.6. The molecule has 30 heavy (non-hydrogen) atoms. The lowest BCUT2D eigenvalue weighted by atomic mass is 10.2. The van der Waals surface area contributed by atoms with E-state index in [1.54, 1.807) is 24.3 Å². The average Bonchev–Trinajstić information content (AvgIpc) is 2.82. The van der Waals surface area contributed by atoms with Gasteiger partial charge in [0, 0.05) is 13.1 Å². The zero-order valence-corrected chi connectivity index (χ0v) is 18.1. The molecule has 6 nitrogen and oxygen atoms in total. The van der Waals surface area contributed by atoms with Gasteiger partial charge < -0.3 is 10.1 Å². The van der Waals surface area contributed by atoms with Crippen LogP contribution in [0.5, 0.6) is 11.5 Å². The second-order valence-electron chi connectivity index (χ2n) is 7.09. The van der Waals surface area contributed by atoms with Crippen molar-refractivity contribution < 1.29 is 17.9 Å². The van der Waals surface area contributed by atoms with Gasteiger partial charge >= 0.3 is 0 Å². The molecule has 0 bridgehead atoms. The maximum atomic E-state index is 13.3. The molecule has 0 unspecified atom stereocenters. The minimum absolute atomic E-state index is 0.0295. The van der Waals surface area contributed by atoms with Crippen LogP contribution in [0.1, 0.15) is 21.5 Å². The Bertz CT molecular complexity index is 1290. The van der Waals surface area contributed by atoms with E-state index in [1.807, 2.05) is 32.0 Å². The number of carbonyl (C=O) groups excluding carboxylic acids is 1. The molecule has 0 aliphatic carbocycles. The molecule has 1 aliphatic rings. The minimum Gasteiger partial charge on any atom is -0.454 e. The van der Waals surface area contributed by atoms with Gasteiger partial charge in [0.05, 0.1) is 22.0 Å². The molecule has 1 N–H and O–H groups in total. The van der Waals surface area contributed by atoms with Crippen molar-refractivity contribution in [3.8, 4) is 11.5 Å². The lowest BCUT2D eigenvalue weighted by molar-refractivity contribution is 0.102. The number of amides is 1. The minimum atomic E-state index is -4.02. The summed E-state index contributed by atoms with van der Waals surface area (Å²) in [7, 11) is -2.57. The molecule has 154 valence electrons. The summed E-state index contributed by atoms with van der Waals surface area (Å²) in [5, 5.41) is 2.73. The topological polar surface area (TPSA) is 75.7 Å². The highest BCUT2D eigenvalue weighted by atomic mass is 35.5. The predicted octanol–water partition coefficient (Wildman–Crippen LogP) is 5.14. The Kier molecular flexibility index (Phi) is 4.95. The Hall–Kier alpha value is -3.03. The zero-order chi connectivity index (χ0) is 21.6. The van der Waals surface area contributed by atoms with Crippen LogP contribution in [0, 0.1) is 13.8 Å². The van der Waals surface area contributed by atoms with Gasteiger partial charge in [-0.1, -0.05) is 35.9 Å². The fourth-order valence-corrected chi connectivity index (χ4v) is 5.09. The number of sulfonamides is 1. The third kappa shape index (κ3) is 3.40. The van der Waals surface area contributed by atoms with Crippen molar-refractivity contribution in [2.24, 2.45) is 0 Å². The first-order chi connectivity index (χ1) is 14.2. The van der Waals surface area contributed by atoms with Gasteiger partial charge in [0.25, 0.3) is 15.9 Å². The van der Waals surface area contributed by atoms with Crippen LogP contribution in [0.4, 0.5) is 11.4 Å². The van der Waals surface area contributed by atoms with Crippen LogP contribution >= 0.6 is 11.6 Å². The summed E-state index contributed by atoms with van der Waals surface area (Å²) in [5.74, 6) is 0.185. The van der Waals surface area contributed by atoms with Crippen LogP contribution in [-0.2, 0) is 10.0 Å². The lowest BCUT2D eigenvalue weighted by Gasteiger charge is -2.22.